The third-order valence-corrected chi connectivity index (χ3v) is 2.22. The number of carbonyl (C=O) groups excluding carboxylic acids is 1. The first kappa shape index (κ1) is 9.58. The van der Waals surface area contributed by atoms with Gasteiger partial charge in [-0.05, 0) is 19.1 Å². The third-order valence-electron chi connectivity index (χ3n) is 2.22. The third kappa shape index (κ3) is 1.66. The number of nitrogens with zero attached hydrogens (tertiary/aromatic N) is 2. The van der Waals surface area contributed by atoms with Crippen molar-refractivity contribution < 1.29 is 9.53 Å². The van der Waals surface area contributed by atoms with Crippen LogP contribution in [-0.2, 0) is 0 Å². The van der Waals surface area contributed by atoms with Crippen molar-refractivity contribution in [3.63, 3.8) is 0 Å². The molecule has 76 valence electrons. The van der Waals surface area contributed by atoms with Crippen molar-refractivity contribution in [1.29, 1.82) is 0 Å². The molecule has 0 atom stereocenters. The van der Waals surface area contributed by atoms with Crippen LogP contribution in [0.15, 0.2) is 18.2 Å². The molecule has 0 aliphatic carbocycles. The molecule has 0 aliphatic heterocycles. The maximum atomic E-state index is 10.6. The molecule has 1 aromatic heterocycles. The Hall–Kier alpha value is -1.97. The van der Waals surface area contributed by atoms with Gasteiger partial charge < -0.3 is 4.74 Å². The summed E-state index contributed by atoms with van der Waals surface area (Å²) in [7, 11) is 1.59. The first-order valence-corrected chi connectivity index (χ1v) is 4.52. The van der Waals surface area contributed by atoms with Gasteiger partial charge in [-0.25, -0.2) is 9.97 Å². The van der Waals surface area contributed by atoms with Crippen molar-refractivity contribution in [3.8, 4) is 5.75 Å². The molecule has 0 N–H and O–H groups in total. The van der Waals surface area contributed by atoms with E-state index in [1.807, 2.05) is 19.1 Å². The molecule has 15 heavy (non-hydrogen) atoms. The summed E-state index contributed by atoms with van der Waals surface area (Å²) in [6.07, 6.45) is 0.645. The van der Waals surface area contributed by atoms with Crippen LogP contribution in [0, 0.1) is 6.92 Å². The van der Waals surface area contributed by atoms with Gasteiger partial charge in [-0.2, -0.15) is 0 Å². The van der Waals surface area contributed by atoms with E-state index < -0.39 is 0 Å². The highest BCUT2D eigenvalue weighted by atomic mass is 16.5. The second-order valence-electron chi connectivity index (χ2n) is 3.17. The first-order valence-electron chi connectivity index (χ1n) is 4.52. The van der Waals surface area contributed by atoms with Gasteiger partial charge in [-0.3, -0.25) is 4.79 Å². The molecule has 0 fully saturated rings. The zero-order valence-corrected chi connectivity index (χ0v) is 8.52. The number of aromatic nitrogens is 2. The van der Waals surface area contributed by atoms with Gasteiger partial charge in [-0.1, -0.05) is 0 Å². The van der Waals surface area contributed by atoms with Crippen molar-refractivity contribution in [2.75, 3.05) is 7.11 Å². The molecule has 1 heterocycles. The molecule has 0 saturated carbocycles. The Morgan fingerprint density at radius 3 is 2.80 bits per heavy atom. The number of hydrogen-bond acceptors (Lipinski definition) is 4. The van der Waals surface area contributed by atoms with E-state index in [9.17, 15) is 4.79 Å². The molecule has 2 aromatic rings. The minimum atomic E-state index is 0.202. The van der Waals surface area contributed by atoms with E-state index >= 15 is 0 Å². The fourth-order valence-electron chi connectivity index (χ4n) is 1.47. The highest BCUT2D eigenvalue weighted by Gasteiger charge is 2.04. The van der Waals surface area contributed by atoms with Crippen molar-refractivity contribution in [1.82, 2.24) is 9.97 Å². The van der Waals surface area contributed by atoms with Crippen LogP contribution in [-0.4, -0.2) is 23.4 Å². The Morgan fingerprint density at radius 1 is 1.33 bits per heavy atom. The highest BCUT2D eigenvalue weighted by molar-refractivity contribution is 5.84. The summed E-state index contributed by atoms with van der Waals surface area (Å²) in [6, 6.07) is 5.52. The van der Waals surface area contributed by atoms with Gasteiger partial charge >= 0.3 is 0 Å². The molecule has 2 rings (SSSR count). The van der Waals surface area contributed by atoms with Crippen LogP contribution in [0.4, 0.5) is 0 Å². The van der Waals surface area contributed by atoms with Gasteiger partial charge in [0, 0.05) is 17.1 Å². The second-order valence-corrected chi connectivity index (χ2v) is 3.17. The minimum absolute atomic E-state index is 0.202. The van der Waals surface area contributed by atoms with Gasteiger partial charge in [0.2, 0.25) is 0 Å². The number of carbonyl (C=O) groups is 1. The first-order chi connectivity index (χ1) is 7.24. The number of aldehydes is 1. The van der Waals surface area contributed by atoms with E-state index in [0.29, 0.717) is 6.29 Å². The molecule has 0 amide bonds. The lowest BCUT2D eigenvalue weighted by atomic mass is 10.2. The molecule has 0 aliphatic rings. The van der Waals surface area contributed by atoms with Crippen LogP contribution in [0.25, 0.3) is 10.9 Å². The highest BCUT2D eigenvalue weighted by Crippen LogP contribution is 2.20. The van der Waals surface area contributed by atoms with Crippen LogP contribution < -0.4 is 4.74 Å². The number of hydrogen-bond donors (Lipinski definition) is 0. The van der Waals surface area contributed by atoms with Gasteiger partial charge in [0.15, 0.2) is 12.1 Å². The summed E-state index contributed by atoms with van der Waals surface area (Å²) in [5.41, 5.74) is 1.52. The molecule has 4 heteroatoms. The van der Waals surface area contributed by atoms with Crippen LogP contribution in [0.5, 0.6) is 5.75 Å². The average Bonchev–Trinajstić information content (AvgIpc) is 2.28. The van der Waals surface area contributed by atoms with E-state index in [2.05, 4.69) is 9.97 Å². The maximum Gasteiger partial charge on any atom is 0.193 e. The molecule has 0 radical (unpaired) electrons. The second kappa shape index (κ2) is 3.65. The van der Waals surface area contributed by atoms with E-state index in [-0.39, 0.29) is 5.82 Å². The number of aryl methyl sites for hydroxylation is 1. The van der Waals surface area contributed by atoms with Crippen LogP contribution >= 0.6 is 0 Å². The fourth-order valence-corrected chi connectivity index (χ4v) is 1.47. The van der Waals surface area contributed by atoms with Crippen molar-refractivity contribution in [3.05, 3.63) is 29.7 Å². The van der Waals surface area contributed by atoms with E-state index in [1.165, 1.54) is 0 Å². The Bertz CT molecular complexity index is 523. The molecule has 0 unspecified atom stereocenters. The minimum Gasteiger partial charge on any atom is -0.497 e. The summed E-state index contributed by atoms with van der Waals surface area (Å²) in [6.45, 7) is 1.85. The van der Waals surface area contributed by atoms with Crippen molar-refractivity contribution in [2.24, 2.45) is 0 Å². The number of rotatable bonds is 2. The Morgan fingerprint density at radius 2 is 2.13 bits per heavy atom. The quantitative estimate of drug-likeness (QED) is 0.696. The predicted molar refractivity (Wildman–Crippen MR) is 56.2 cm³/mol. The standard InChI is InChI=1S/C11H10N2O2/c1-7-9-4-3-8(15-2)5-10(9)13-11(6-14)12-7/h3-6H,1-2H3. The average molecular weight is 202 g/mol. The van der Waals surface area contributed by atoms with Crippen LogP contribution in [0.1, 0.15) is 16.3 Å². The molecular weight excluding hydrogens is 192 g/mol. The van der Waals surface area contributed by atoms with Crippen molar-refractivity contribution >= 4 is 17.2 Å². The number of benzene rings is 1. The summed E-state index contributed by atoms with van der Waals surface area (Å²) >= 11 is 0. The lowest BCUT2D eigenvalue weighted by molar-refractivity contribution is 0.111. The van der Waals surface area contributed by atoms with Crippen molar-refractivity contribution in [2.45, 2.75) is 6.92 Å². The number of fused-ring (bicyclic) bond motifs is 1. The van der Waals surface area contributed by atoms with Gasteiger partial charge in [0.05, 0.1) is 12.6 Å². The monoisotopic (exact) mass is 202 g/mol. The normalized spacial score (nSPS) is 10.3. The molecule has 0 bridgehead atoms. The smallest absolute Gasteiger partial charge is 0.193 e. The van der Waals surface area contributed by atoms with Gasteiger partial charge in [0.25, 0.3) is 0 Å². The Balaban J connectivity index is 2.74. The van der Waals surface area contributed by atoms with Gasteiger partial charge in [0.1, 0.15) is 5.75 Å². The Labute approximate surface area is 86.9 Å². The topological polar surface area (TPSA) is 52.1 Å². The molecule has 4 nitrogen and oxygen atoms in total. The zero-order valence-electron chi connectivity index (χ0n) is 8.52. The fraction of sp³-hybridized carbons (Fsp3) is 0.182. The molecule has 0 spiro atoms. The summed E-state index contributed by atoms with van der Waals surface area (Å²) in [5, 5.41) is 0.932. The lowest BCUT2D eigenvalue weighted by Crippen LogP contribution is -1.97. The SMILES string of the molecule is COc1ccc2c(C)nc(C=O)nc2c1. The number of methoxy groups -OCH3 is 1. The maximum absolute atomic E-state index is 10.6. The Kier molecular flexibility index (Phi) is 2.33. The van der Waals surface area contributed by atoms with Crippen LogP contribution in [0.3, 0.4) is 0 Å². The summed E-state index contributed by atoms with van der Waals surface area (Å²) in [5.74, 6) is 0.922. The zero-order chi connectivity index (χ0) is 10.8. The van der Waals surface area contributed by atoms with Crippen LogP contribution in [0.2, 0.25) is 0 Å². The summed E-state index contributed by atoms with van der Waals surface area (Å²) in [4.78, 5) is 18.8. The van der Waals surface area contributed by atoms with E-state index in [0.717, 1.165) is 22.3 Å². The largest absolute Gasteiger partial charge is 0.497 e. The summed E-state index contributed by atoms with van der Waals surface area (Å²) < 4.78 is 5.09. The molecule has 0 saturated heterocycles. The molecular formula is C11H10N2O2. The molecule has 1 aromatic carbocycles. The number of ether oxygens (including phenoxy) is 1. The van der Waals surface area contributed by atoms with E-state index in [1.54, 1.807) is 13.2 Å². The van der Waals surface area contributed by atoms with Gasteiger partial charge in [-0.15, -0.1) is 0 Å². The lowest BCUT2D eigenvalue weighted by Gasteiger charge is -2.04. The predicted octanol–water partition coefficient (Wildman–Crippen LogP) is 1.76. The van der Waals surface area contributed by atoms with E-state index in [4.69, 9.17) is 4.74 Å².